The molecule has 1 aromatic heterocycles. The average Bonchev–Trinajstić information content (AvgIpc) is 3.31. The van der Waals surface area contributed by atoms with Crippen LogP contribution in [0.1, 0.15) is 35.6 Å². The first-order valence-corrected chi connectivity index (χ1v) is 9.21. The molecule has 2 aliphatic rings. The van der Waals surface area contributed by atoms with Crippen LogP contribution in [0.2, 0.25) is 0 Å². The van der Waals surface area contributed by atoms with E-state index in [1.165, 1.54) is 24.0 Å². The molecule has 0 spiro atoms. The topological polar surface area (TPSA) is 36.4 Å². The Labute approximate surface area is 149 Å². The molecule has 2 aromatic rings. The third kappa shape index (κ3) is 3.19. The molecule has 4 nitrogen and oxygen atoms in total. The van der Waals surface area contributed by atoms with E-state index < -0.39 is 0 Å². The van der Waals surface area contributed by atoms with Crippen LogP contribution in [0.4, 0.5) is 0 Å². The summed E-state index contributed by atoms with van der Waals surface area (Å²) in [7, 11) is 1.97. The number of hydrogen-bond donors (Lipinski definition) is 0. The van der Waals surface area contributed by atoms with Gasteiger partial charge in [0.2, 0.25) is 5.91 Å². The Morgan fingerprint density at radius 2 is 1.80 bits per heavy atom. The van der Waals surface area contributed by atoms with Gasteiger partial charge in [0.15, 0.2) is 0 Å². The summed E-state index contributed by atoms with van der Waals surface area (Å²) in [6, 6.07) is 12.6. The van der Waals surface area contributed by atoms with Gasteiger partial charge >= 0.3 is 0 Å². The van der Waals surface area contributed by atoms with Crippen LogP contribution >= 0.6 is 0 Å². The molecule has 4 heteroatoms. The van der Waals surface area contributed by atoms with Crippen LogP contribution in [0.15, 0.2) is 48.8 Å². The lowest BCUT2D eigenvalue weighted by atomic mass is 10.0. The van der Waals surface area contributed by atoms with E-state index in [9.17, 15) is 4.79 Å². The first kappa shape index (κ1) is 16.3. The predicted molar refractivity (Wildman–Crippen MR) is 98.2 cm³/mol. The Morgan fingerprint density at radius 3 is 2.40 bits per heavy atom. The summed E-state index contributed by atoms with van der Waals surface area (Å²) in [5, 5.41) is 0. The highest BCUT2D eigenvalue weighted by Gasteiger charge is 2.35. The van der Waals surface area contributed by atoms with Crippen molar-refractivity contribution >= 4 is 5.91 Å². The second kappa shape index (κ2) is 6.96. The van der Waals surface area contributed by atoms with Gasteiger partial charge in [-0.25, -0.2) is 0 Å². The van der Waals surface area contributed by atoms with Gasteiger partial charge in [0.25, 0.3) is 0 Å². The van der Waals surface area contributed by atoms with Crippen LogP contribution in [0.5, 0.6) is 0 Å². The van der Waals surface area contributed by atoms with Gasteiger partial charge in [0, 0.05) is 25.5 Å². The van der Waals surface area contributed by atoms with Crippen molar-refractivity contribution in [1.29, 1.82) is 0 Å². The Hall–Kier alpha value is -2.20. The number of amides is 1. The van der Waals surface area contributed by atoms with Gasteiger partial charge in [-0.15, -0.1) is 0 Å². The second-order valence-electron chi connectivity index (χ2n) is 7.21. The molecular formula is C21H25N3O. The largest absolute Gasteiger partial charge is 0.340 e. The quantitative estimate of drug-likeness (QED) is 0.862. The number of carbonyl (C=O) groups excluding carboxylic acids is 1. The van der Waals surface area contributed by atoms with E-state index in [0.29, 0.717) is 0 Å². The summed E-state index contributed by atoms with van der Waals surface area (Å²) in [5.41, 5.74) is 3.77. The fourth-order valence-electron chi connectivity index (χ4n) is 4.23. The van der Waals surface area contributed by atoms with Crippen LogP contribution < -0.4 is 0 Å². The molecule has 130 valence electrons. The van der Waals surface area contributed by atoms with Gasteiger partial charge in [-0.3, -0.25) is 14.7 Å². The number of likely N-dealkylation sites (N-methyl/N-ethyl adjacent to an activating group) is 1. The minimum Gasteiger partial charge on any atom is -0.340 e. The van der Waals surface area contributed by atoms with Crippen LogP contribution in [0, 0.1) is 0 Å². The minimum absolute atomic E-state index is 0.202. The highest BCUT2D eigenvalue weighted by molar-refractivity contribution is 5.83. The number of pyridine rings is 1. The Bertz CT molecular complexity index is 715. The molecule has 1 aromatic carbocycles. The van der Waals surface area contributed by atoms with Crippen molar-refractivity contribution in [3.05, 3.63) is 65.5 Å². The number of aromatic nitrogens is 1. The summed E-state index contributed by atoms with van der Waals surface area (Å²) in [6.07, 6.45) is 7.87. The molecule has 1 amide bonds. The van der Waals surface area contributed by atoms with Gasteiger partial charge in [-0.2, -0.15) is 0 Å². The summed E-state index contributed by atoms with van der Waals surface area (Å²) in [5.74, 6) is 0.202. The molecule has 1 atom stereocenters. The maximum absolute atomic E-state index is 13.4. The molecule has 1 aliphatic heterocycles. The number of benzene rings is 1. The van der Waals surface area contributed by atoms with E-state index in [2.05, 4.69) is 34.1 Å². The van der Waals surface area contributed by atoms with Crippen molar-refractivity contribution in [1.82, 2.24) is 14.8 Å². The van der Waals surface area contributed by atoms with Crippen LogP contribution in [0.3, 0.4) is 0 Å². The van der Waals surface area contributed by atoms with Crippen molar-refractivity contribution in [2.45, 2.75) is 37.8 Å². The molecule has 0 saturated carbocycles. The Kier molecular flexibility index (Phi) is 4.53. The second-order valence-corrected chi connectivity index (χ2v) is 7.21. The molecule has 2 heterocycles. The van der Waals surface area contributed by atoms with Crippen LogP contribution in [0.25, 0.3) is 0 Å². The SMILES string of the molecule is CN(C(=O)[C@H](c1cccnc1)N1CCCC1)C1Cc2ccccc2C1. The molecule has 4 rings (SSSR count). The lowest BCUT2D eigenvalue weighted by molar-refractivity contribution is -0.137. The van der Waals surface area contributed by atoms with Gasteiger partial charge < -0.3 is 4.90 Å². The number of nitrogens with zero attached hydrogens (tertiary/aromatic N) is 3. The maximum atomic E-state index is 13.4. The Morgan fingerprint density at radius 1 is 1.12 bits per heavy atom. The molecule has 1 aliphatic carbocycles. The van der Waals surface area contributed by atoms with Crippen LogP contribution in [-0.4, -0.2) is 46.9 Å². The summed E-state index contributed by atoms with van der Waals surface area (Å²) in [6.45, 7) is 1.98. The molecule has 25 heavy (non-hydrogen) atoms. The van der Waals surface area contributed by atoms with Gasteiger partial charge in [0.1, 0.15) is 6.04 Å². The molecule has 0 radical (unpaired) electrons. The number of carbonyl (C=O) groups is 1. The van der Waals surface area contributed by atoms with E-state index in [1.807, 2.05) is 30.3 Å². The first-order chi connectivity index (χ1) is 12.2. The Balaban J connectivity index is 1.56. The minimum atomic E-state index is -0.204. The third-order valence-corrected chi connectivity index (χ3v) is 5.66. The zero-order valence-corrected chi connectivity index (χ0v) is 14.8. The van der Waals surface area contributed by atoms with Crippen LogP contribution in [-0.2, 0) is 17.6 Å². The van der Waals surface area contributed by atoms with Crippen molar-refractivity contribution in [2.24, 2.45) is 0 Å². The van der Waals surface area contributed by atoms with Crippen molar-refractivity contribution in [3.8, 4) is 0 Å². The molecule has 1 fully saturated rings. The van der Waals surface area contributed by atoms with E-state index >= 15 is 0 Å². The molecule has 0 bridgehead atoms. The monoisotopic (exact) mass is 335 g/mol. The first-order valence-electron chi connectivity index (χ1n) is 9.21. The fourth-order valence-corrected chi connectivity index (χ4v) is 4.23. The zero-order valence-electron chi connectivity index (χ0n) is 14.8. The highest BCUT2D eigenvalue weighted by atomic mass is 16.2. The van der Waals surface area contributed by atoms with Crippen molar-refractivity contribution in [3.63, 3.8) is 0 Å². The zero-order chi connectivity index (χ0) is 17.2. The van der Waals surface area contributed by atoms with E-state index in [1.54, 1.807) is 6.20 Å². The van der Waals surface area contributed by atoms with Gasteiger partial charge in [0.05, 0.1) is 0 Å². The summed E-state index contributed by atoms with van der Waals surface area (Å²) < 4.78 is 0. The summed E-state index contributed by atoms with van der Waals surface area (Å²) in [4.78, 5) is 22.0. The molecule has 1 saturated heterocycles. The van der Waals surface area contributed by atoms with Gasteiger partial charge in [-0.1, -0.05) is 30.3 Å². The van der Waals surface area contributed by atoms with Gasteiger partial charge in [-0.05, 0) is 61.5 Å². The predicted octanol–water partition coefficient (Wildman–Crippen LogP) is 2.84. The summed E-state index contributed by atoms with van der Waals surface area (Å²) >= 11 is 0. The van der Waals surface area contributed by atoms with Crippen molar-refractivity contribution in [2.75, 3.05) is 20.1 Å². The van der Waals surface area contributed by atoms with E-state index in [4.69, 9.17) is 0 Å². The standard InChI is InChI=1S/C21H25N3O/c1-23(19-13-16-7-2-3-8-17(16)14-19)21(25)20(24-11-4-5-12-24)18-9-6-10-22-15-18/h2-3,6-10,15,19-20H,4-5,11-14H2,1H3/t20-/m0/s1. The molecule has 0 N–H and O–H groups in total. The third-order valence-electron chi connectivity index (χ3n) is 5.66. The lowest BCUT2D eigenvalue weighted by Gasteiger charge is -2.33. The van der Waals surface area contributed by atoms with E-state index in [0.717, 1.165) is 31.5 Å². The number of likely N-dealkylation sites (tertiary alicyclic amines) is 1. The molecular weight excluding hydrogens is 310 g/mol. The number of fused-ring (bicyclic) bond motifs is 1. The maximum Gasteiger partial charge on any atom is 0.244 e. The lowest BCUT2D eigenvalue weighted by Crippen LogP contribution is -2.45. The van der Waals surface area contributed by atoms with E-state index in [-0.39, 0.29) is 18.0 Å². The fraction of sp³-hybridized carbons (Fsp3) is 0.429. The number of rotatable bonds is 4. The molecule has 0 unspecified atom stereocenters. The van der Waals surface area contributed by atoms with Crippen molar-refractivity contribution < 1.29 is 4.79 Å². The normalized spacial score (nSPS) is 18.9. The number of hydrogen-bond acceptors (Lipinski definition) is 3. The highest BCUT2D eigenvalue weighted by Crippen LogP contribution is 2.30. The smallest absolute Gasteiger partial charge is 0.244 e. The average molecular weight is 335 g/mol.